The van der Waals surface area contributed by atoms with E-state index in [-0.39, 0.29) is 0 Å². The molecule has 3 N–H and O–H groups in total. The highest BCUT2D eigenvalue weighted by Crippen LogP contribution is 2.05. The molecule has 102 valence electrons. The minimum absolute atomic E-state index is 0.468. The van der Waals surface area contributed by atoms with Crippen molar-refractivity contribution in [3.8, 4) is 0 Å². The van der Waals surface area contributed by atoms with Gasteiger partial charge in [-0.1, -0.05) is 0 Å². The Bertz CT molecular complexity index is 301. The largest absolute Gasteiger partial charge is 0.330 e. The lowest BCUT2D eigenvalue weighted by molar-refractivity contribution is 0.341. The summed E-state index contributed by atoms with van der Waals surface area (Å²) in [4.78, 5) is 2.28. The molecule has 6 nitrogen and oxygen atoms in total. The Morgan fingerprint density at radius 3 is 2.59 bits per heavy atom. The van der Waals surface area contributed by atoms with Crippen molar-refractivity contribution in [3.05, 3.63) is 0 Å². The van der Waals surface area contributed by atoms with Crippen LogP contribution in [0.2, 0.25) is 0 Å². The molecule has 0 aromatic rings. The summed E-state index contributed by atoms with van der Waals surface area (Å²) in [6.07, 6.45) is 3.13. The van der Waals surface area contributed by atoms with Crippen molar-refractivity contribution < 1.29 is 8.42 Å². The number of nitrogens with two attached hydrogens (primary N) is 1. The lowest BCUT2D eigenvalue weighted by Crippen LogP contribution is -2.42. The first-order valence-corrected chi connectivity index (χ1v) is 7.63. The van der Waals surface area contributed by atoms with Crippen molar-refractivity contribution in [2.75, 3.05) is 46.3 Å². The third kappa shape index (κ3) is 5.31. The number of hydrogen-bond donors (Lipinski definition) is 2. The minimum atomic E-state index is -3.32. The van der Waals surface area contributed by atoms with E-state index >= 15 is 0 Å². The van der Waals surface area contributed by atoms with Crippen LogP contribution >= 0.6 is 0 Å². The van der Waals surface area contributed by atoms with E-state index in [0.29, 0.717) is 26.1 Å². The molecule has 0 atom stereocenters. The standard InChI is InChI=1S/C10H24N4O2S/c1-13(7-4-5-11)17(15,16)12-6-10-14-8-2-3-9-14/h12H,2-11H2,1H3. The summed E-state index contributed by atoms with van der Waals surface area (Å²) in [5.74, 6) is 0. The topological polar surface area (TPSA) is 78.7 Å². The van der Waals surface area contributed by atoms with Crippen LogP contribution < -0.4 is 10.5 Å². The average molecular weight is 264 g/mol. The molecule has 0 unspecified atom stereocenters. The van der Waals surface area contributed by atoms with Gasteiger partial charge in [0.15, 0.2) is 0 Å². The highest BCUT2D eigenvalue weighted by atomic mass is 32.2. The molecule has 0 saturated carbocycles. The van der Waals surface area contributed by atoms with Crippen molar-refractivity contribution in [1.29, 1.82) is 0 Å². The molecule has 1 aliphatic heterocycles. The van der Waals surface area contributed by atoms with Gasteiger partial charge in [0.05, 0.1) is 0 Å². The van der Waals surface area contributed by atoms with Gasteiger partial charge in [-0.2, -0.15) is 12.7 Å². The molecule has 1 saturated heterocycles. The van der Waals surface area contributed by atoms with Crippen LogP contribution in [0, 0.1) is 0 Å². The summed E-state index contributed by atoms with van der Waals surface area (Å²) in [6.45, 7) is 4.43. The summed E-state index contributed by atoms with van der Waals surface area (Å²) >= 11 is 0. The highest BCUT2D eigenvalue weighted by molar-refractivity contribution is 7.87. The van der Waals surface area contributed by atoms with E-state index in [1.165, 1.54) is 17.1 Å². The molecule has 0 aromatic heterocycles. The molecular formula is C10H24N4O2S. The minimum Gasteiger partial charge on any atom is -0.330 e. The van der Waals surface area contributed by atoms with Gasteiger partial charge in [-0.3, -0.25) is 0 Å². The van der Waals surface area contributed by atoms with Gasteiger partial charge in [0.1, 0.15) is 0 Å². The Labute approximate surface area is 104 Å². The number of hydrogen-bond acceptors (Lipinski definition) is 4. The van der Waals surface area contributed by atoms with Crippen molar-refractivity contribution in [3.63, 3.8) is 0 Å². The fourth-order valence-corrected chi connectivity index (χ4v) is 2.82. The van der Waals surface area contributed by atoms with E-state index in [1.807, 2.05) is 0 Å². The fraction of sp³-hybridized carbons (Fsp3) is 1.00. The molecule has 1 heterocycles. The second-order valence-electron chi connectivity index (χ2n) is 4.41. The Hall–Kier alpha value is -0.210. The van der Waals surface area contributed by atoms with Crippen LogP contribution in [0.15, 0.2) is 0 Å². The monoisotopic (exact) mass is 264 g/mol. The predicted octanol–water partition coefficient (Wildman–Crippen LogP) is -0.803. The molecule has 7 heteroatoms. The first kappa shape index (κ1) is 14.8. The Balaban J connectivity index is 2.23. The van der Waals surface area contributed by atoms with E-state index in [9.17, 15) is 8.42 Å². The third-order valence-corrected chi connectivity index (χ3v) is 4.57. The molecule has 0 amide bonds. The first-order valence-electron chi connectivity index (χ1n) is 6.19. The second-order valence-corrected chi connectivity index (χ2v) is 6.27. The Kier molecular flexibility index (Phi) is 6.35. The number of likely N-dealkylation sites (tertiary alicyclic amines) is 1. The van der Waals surface area contributed by atoms with Crippen molar-refractivity contribution in [2.24, 2.45) is 5.73 Å². The van der Waals surface area contributed by atoms with E-state index in [0.717, 1.165) is 19.6 Å². The van der Waals surface area contributed by atoms with Crippen LogP contribution in [0.25, 0.3) is 0 Å². The Morgan fingerprint density at radius 1 is 1.35 bits per heavy atom. The van der Waals surface area contributed by atoms with Crippen LogP contribution in [-0.4, -0.2) is 63.9 Å². The number of nitrogens with zero attached hydrogens (tertiary/aromatic N) is 2. The molecule has 0 aliphatic carbocycles. The molecular weight excluding hydrogens is 240 g/mol. The summed E-state index contributed by atoms with van der Waals surface area (Å²) in [5, 5.41) is 0. The van der Waals surface area contributed by atoms with Crippen molar-refractivity contribution >= 4 is 10.2 Å². The quantitative estimate of drug-likeness (QED) is 0.601. The Morgan fingerprint density at radius 2 is 2.00 bits per heavy atom. The van der Waals surface area contributed by atoms with Crippen LogP contribution in [0.5, 0.6) is 0 Å². The smallest absolute Gasteiger partial charge is 0.279 e. The van der Waals surface area contributed by atoms with Gasteiger partial charge in [0.25, 0.3) is 10.2 Å². The van der Waals surface area contributed by atoms with Crippen LogP contribution in [0.3, 0.4) is 0 Å². The van der Waals surface area contributed by atoms with Gasteiger partial charge < -0.3 is 10.6 Å². The number of rotatable bonds is 8. The summed E-state index contributed by atoms with van der Waals surface area (Å²) < 4.78 is 27.5. The van der Waals surface area contributed by atoms with E-state index < -0.39 is 10.2 Å². The number of nitrogens with one attached hydrogen (secondary N) is 1. The molecule has 1 aliphatic rings. The molecule has 0 bridgehead atoms. The molecule has 0 aromatic carbocycles. The average Bonchev–Trinajstić information content (AvgIpc) is 2.78. The molecule has 0 spiro atoms. The predicted molar refractivity (Wildman–Crippen MR) is 68.9 cm³/mol. The van der Waals surface area contributed by atoms with Gasteiger partial charge in [-0.25, -0.2) is 4.72 Å². The lowest BCUT2D eigenvalue weighted by Gasteiger charge is -2.19. The first-order chi connectivity index (χ1) is 8.06. The van der Waals surface area contributed by atoms with Crippen molar-refractivity contribution in [2.45, 2.75) is 19.3 Å². The van der Waals surface area contributed by atoms with Gasteiger partial charge in [0, 0.05) is 26.7 Å². The summed E-state index contributed by atoms with van der Waals surface area (Å²) in [6, 6.07) is 0. The second kappa shape index (κ2) is 7.27. The molecule has 1 fully saturated rings. The maximum Gasteiger partial charge on any atom is 0.279 e. The fourth-order valence-electron chi connectivity index (χ4n) is 1.88. The lowest BCUT2D eigenvalue weighted by atomic mass is 10.4. The zero-order chi connectivity index (χ0) is 12.7. The molecule has 0 radical (unpaired) electrons. The van der Waals surface area contributed by atoms with E-state index in [1.54, 1.807) is 7.05 Å². The summed E-state index contributed by atoms with van der Waals surface area (Å²) in [7, 11) is -1.75. The van der Waals surface area contributed by atoms with Gasteiger partial charge in [-0.15, -0.1) is 0 Å². The van der Waals surface area contributed by atoms with E-state index in [4.69, 9.17) is 5.73 Å². The zero-order valence-corrected chi connectivity index (χ0v) is 11.4. The highest BCUT2D eigenvalue weighted by Gasteiger charge is 2.17. The third-order valence-electron chi connectivity index (χ3n) is 3.00. The van der Waals surface area contributed by atoms with Crippen molar-refractivity contribution in [1.82, 2.24) is 13.9 Å². The maximum atomic E-state index is 11.8. The zero-order valence-electron chi connectivity index (χ0n) is 10.6. The SMILES string of the molecule is CN(CCCN)S(=O)(=O)NCCN1CCCC1. The van der Waals surface area contributed by atoms with Crippen LogP contribution in [-0.2, 0) is 10.2 Å². The van der Waals surface area contributed by atoms with Crippen LogP contribution in [0.4, 0.5) is 0 Å². The molecule has 1 rings (SSSR count). The normalized spacial score (nSPS) is 18.1. The maximum absolute atomic E-state index is 11.8. The van der Waals surface area contributed by atoms with Gasteiger partial charge in [0.2, 0.25) is 0 Å². The van der Waals surface area contributed by atoms with Gasteiger partial charge >= 0.3 is 0 Å². The van der Waals surface area contributed by atoms with Gasteiger partial charge in [-0.05, 0) is 38.9 Å². The summed E-state index contributed by atoms with van der Waals surface area (Å²) in [5.41, 5.74) is 5.35. The molecule has 17 heavy (non-hydrogen) atoms. The van der Waals surface area contributed by atoms with Crippen LogP contribution in [0.1, 0.15) is 19.3 Å². The van der Waals surface area contributed by atoms with E-state index in [2.05, 4.69) is 9.62 Å².